The van der Waals surface area contributed by atoms with Crippen LogP contribution in [0.2, 0.25) is 0 Å². The number of para-hydroxylation sites is 1. The molecule has 0 spiro atoms. The Hall–Kier alpha value is -1.73. The molecule has 1 saturated heterocycles. The molecule has 0 amide bonds. The van der Waals surface area contributed by atoms with E-state index >= 15 is 0 Å². The van der Waals surface area contributed by atoms with Crippen LogP contribution in [0.3, 0.4) is 0 Å². The van der Waals surface area contributed by atoms with E-state index in [9.17, 15) is 0 Å². The molecule has 1 aromatic carbocycles. The number of benzene rings is 1. The van der Waals surface area contributed by atoms with Crippen LogP contribution in [0.25, 0.3) is 0 Å². The van der Waals surface area contributed by atoms with Gasteiger partial charge < -0.3 is 10.6 Å². The maximum Gasteiger partial charge on any atom is 0.101 e. The van der Waals surface area contributed by atoms with E-state index in [1.54, 1.807) is 6.07 Å². The molecule has 102 valence electrons. The Labute approximate surface area is 115 Å². The Balaban J connectivity index is 2.04. The molecular formula is C15H22N4. The zero-order chi connectivity index (χ0) is 13.8. The summed E-state index contributed by atoms with van der Waals surface area (Å²) in [5.41, 5.74) is 8.25. The summed E-state index contributed by atoms with van der Waals surface area (Å²) < 4.78 is 0. The standard InChI is InChI=1S/C15H22N4/c1-12(2)11-18-6-8-19(9-7-18)14-5-3-4-13(10-16)15(14)17/h3-5,12H,6-9,11,17H2,1-2H3. The maximum atomic E-state index is 9.03. The lowest BCUT2D eigenvalue weighted by molar-refractivity contribution is 0.231. The molecule has 1 aliphatic heterocycles. The summed E-state index contributed by atoms with van der Waals surface area (Å²) in [7, 11) is 0. The molecule has 0 unspecified atom stereocenters. The first-order valence-corrected chi connectivity index (χ1v) is 6.87. The van der Waals surface area contributed by atoms with Crippen LogP contribution < -0.4 is 10.6 Å². The Bertz CT molecular complexity index is 468. The topological polar surface area (TPSA) is 56.3 Å². The van der Waals surface area contributed by atoms with Gasteiger partial charge in [0.15, 0.2) is 0 Å². The number of hydrogen-bond acceptors (Lipinski definition) is 4. The van der Waals surface area contributed by atoms with Crippen LogP contribution in [0, 0.1) is 17.2 Å². The summed E-state index contributed by atoms with van der Waals surface area (Å²) in [6.07, 6.45) is 0. The minimum atomic E-state index is 0.571. The number of rotatable bonds is 3. The highest BCUT2D eigenvalue weighted by Gasteiger charge is 2.19. The van der Waals surface area contributed by atoms with Crippen LogP contribution in [0.1, 0.15) is 19.4 Å². The summed E-state index contributed by atoms with van der Waals surface area (Å²) in [5, 5.41) is 9.03. The highest BCUT2D eigenvalue weighted by molar-refractivity contribution is 5.74. The fourth-order valence-corrected chi connectivity index (χ4v) is 2.61. The van der Waals surface area contributed by atoms with Crippen molar-refractivity contribution in [2.75, 3.05) is 43.4 Å². The van der Waals surface area contributed by atoms with E-state index in [4.69, 9.17) is 11.0 Å². The van der Waals surface area contributed by atoms with Crippen LogP contribution in [0.5, 0.6) is 0 Å². The molecule has 0 saturated carbocycles. The molecule has 1 heterocycles. The zero-order valence-corrected chi connectivity index (χ0v) is 11.8. The highest BCUT2D eigenvalue weighted by Crippen LogP contribution is 2.27. The Morgan fingerprint density at radius 2 is 1.95 bits per heavy atom. The van der Waals surface area contributed by atoms with Gasteiger partial charge in [0.25, 0.3) is 0 Å². The summed E-state index contributed by atoms with van der Waals surface area (Å²) in [6, 6.07) is 7.83. The molecule has 0 aliphatic carbocycles. The molecule has 0 radical (unpaired) electrons. The SMILES string of the molecule is CC(C)CN1CCN(c2cccc(C#N)c2N)CC1. The molecule has 2 N–H and O–H groups in total. The lowest BCUT2D eigenvalue weighted by Gasteiger charge is -2.37. The zero-order valence-electron chi connectivity index (χ0n) is 11.8. The van der Waals surface area contributed by atoms with Crippen molar-refractivity contribution >= 4 is 11.4 Å². The molecule has 1 aromatic rings. The van der Waals surface area contributed by atoms with E-state index in [1.165, 1.54) is 0 Å². The third-order valence-electron chi connectivity index (χ3n) is 3.54. The van der Waals surface area contributed by atoms with Crippen molar-refractivity contribution in [2.45, 2.75) is 13.8 Å². The van der Waals surface area contributed by atoms with E-state index in [2.05, 4.69) is 29.7 Å². The van der Waals surface area contributed by atoms with Gasteiger partial charge in [0, 0.05) is 32.7 Å². The molecular weight excluding hydrogens is 236 g/mol. The fourth-order valence-electron chi connectivity index (χ4n) is 2.61. The van der Waals surface area contributed by atoms with Gasteiger partial charge in [-0.3, -0.25) is 4.90 Å². The molecule has 1 fully saturated rings. The van der Waals surface area contributed by atoms with Gasteiger partial charge in [-0.15, -0.1) is 0 Å². The van der Waals surface area contributed by atoms with E-state index < -0.39 is 0 Å². The number of nitriles is 1. The van der Waals surface area contributed by atoms with Gasteiger partial charge in [-0.1, -0.05) is 19.9 Å². The minimum absolute atomic E-state index is 0.571. The van der Waals surface area contributed by atoms with Crippen LogP contribution in [-0.4, -0.2) is 37.6 Å². The van der Waals surface area contributed by atoms with Gasteiger partial charge in [0.2, 0.25) is 0 Å². The van der Waals surface area contributed by atoms with E-state index in [0.29, 0.717) is 17.2 Å². The normalized spacial score (nSPS) is 16.6. The average Bonchev–Trinajstić information content (AvgIpc) is 2.39. The Kier molecular flexibility index (Phi) is 4.28. The van der Waals surface area contributed by atoms with Gasteiger partial charge in [-0.05, 0) is 18.1 Å². The lowest BCUT2D eigenvalue weighted by atomic mass is 10.1. The van der Waals surface area contributed by atoms with Crippen molar-refractivity contribution in [1.29, 1.82) is 5.26 Å². The van der Waals surface area contributed by atoms with Crippen LogP contribution in [0.4, 0.5) is 11.4 Å². The van der Waals surface area contributed by atoms with Crippen LogP contribution in [-0.2, 0) is 0 Å². The average molecular weight is 258 g/mol. The minimum Gasteiger partial charge on any atom is -0.396 e. The molecule has 1 aliphatic rings. The Morgan fingerprint density at radius 1 is 1.26 bits per heavy atom. The monoisotopic (exact) mass is 258 g/mol. The highest BCUT2D eigenvalue weighted by atomic mass is 15.3. The quantitative estimate of drug-likeness (QED) is 0.842. The second kappa shape index (κ2) is 5.94. The van der Waals surface area contributed by atoms with Crippen molar-refractivity contribution in [2.24, 2.45) is 5.92 Å². The number of piperazine rings is 1. The Morgan fingerprint density at radius 3 is 2.53 bits per heavy atom. The van der Waals surface area contributed by atoms with Gasteiger partial charge in [0.1, 0.15) is 6.07 Å². The molecule has 2 rings (SSSR count). The largest absolute Gasteiger partial charge is 0.396 e. The maximum absolute atomic E-state index is 9.03. The predicted octanol–water partition coefficient (Wildman–Crippen LogP) is 1.92. The first kappa shape index (κ1) is 13.7. The van der Waals surface area contributed by atoms with Crippen molar-refractivity contribution in [3.63, 3.8) is 0 Å². The van der Waals surface area contributed by atoms with Crippen molar-refractivity contribution in [3.8, 4) is 6.07 Å². The van der Waals surface area contributed by atoms with Crippen molar-refractivity contribution < 1.29 is 0 Å². The summed E-state index contributed by atoms with van der Waals surface area (Å²) in [5.74, 6) is 0.707. The van der Waals surface area contributed by atoms with E-state index in [0.717, 1.165) is 38.4 Å². The number of nitrogen functional groups attached to an aromatic ring is 1. The summed E-state index contributed by atoms with van der Waals surface area (Å²) in [4.78, 5) is 4.78. The number of nitrogens with two attached hydrogens (primary N) is 1. The molecule has 0 bridgehead atoms. The molecule has 4 heteroatoms. The predicted molar refractivity (Wildman–Crippen MR) is 79.1 cm³/mol. The lowest BCUT2D eigenvalue weighted by Crippen LogP contribution is -2.47. The second-order valence-electron chi connectivity index (χ2n) is 5.53. The number of nitrogens with zero attached hydrogens (tertiary/aromatic N) is 3. The van der Waals surface area contributed by atoms with Gasteiger partial charge in [-0.25, -0.2) is 0 Å². The third-order valence-corrected chi connectivity index (χ3v) is 3.54. The van der Waals surface area contributed by atoms with Crippen LogP contribution >= 0.6 is 0 Å². The second-order valence-corrected chi connectivity index (χ2v) is 5.53. The van der Waals surface area contributed by atoms with Crippen molar-refractivity contribution in [1.82, 2.24) is 4.90 Å². The molecule has 0 aromatic heterocycles. The first-order valence-electron chi connectivity index (χ1n) is 6.87. The van der Waals surface area contributed by atoms with E-state index in [-0.39, 0.29) is 0 Å². The number of anilines is 2. The smallest absolute Gasteiger partial charge is 0.101 e. The van der Waals surface area contributed by atoms with Crippen LogP contribution in [0.15, 0.2) is 18.2 Å². The van der Waals surface area contributed by atoms with Gasteiger partial charge in [-0.2, -0.15) is 5.26 Å². The fraction of sp³-hybridized carbons (Fsp3) is 0.533. The number of hydrogen-bond donors (Lipinski definition) is 1. The van der Waals surface area contributed by atoms with Gasteiger partial charge >= 0.3 is 0 Å². The molecule has 0 atom stereocenters. The molecule has 19 heavy (non-hydrogen) atoms. The third kappa shape index (κ3) is 3.18. The summed E-state index contributed by atoms with van der Waals surface area (Å²) in [6.45, 7) is 9.74. The summed E-state index contributed by atoms with van der Waals surface area (Å²) >= 11 is 0. The van der Waals surface area contributed by atoms with Crippen molar-refractivity contribution in [3.05, 3.63) is 23.8 Å². The first-order chi connectivity index (χ1) is 9.11. The van der Waals surface area contributed by atoms with E-state index in [1.807, 2.05) is 12.1 Å². The molecule has 4 nitrogen and oxygen atoms in total. The van der Waals surface area contributed by atoms with Gasteiger partial charge in [0.05, 0.1) is 16.9 Å².